The molecule has 28 heavy (non-hydrogen) atoms. The number of thiophene rings is 1. The van der Waals surface area contributed by atoms with Gasteiger partial charge in [-0.2, -0.15) is 4.68 Å². The van der Waals surface area contributed by atoms with Gasteiger partial charge in [-0.15, -0.1) is 11.3 Å². The van der Waals surface area contributed by atoms with Gasteiger partial charge in [-0.1, -0.05) is 0 Å². The summed E-state index contributed by atoms with van der Waals surface area (Å²) in [6.07, 6.45) is 1.31. The van der Waals surface area contributed by atoms with Crippen molar-refractivity contribution in [3.63, 3.8) is 0 Å². The van der Waals surface area contributed by atoms with E-state index in [-0.39, 0.29) is 45.3 Å². The van der Waals surface area contributed by atoms with Crippen LogP contribution in [0.2, 0.25) is 0 Å². The molecule has 2 rings (SSSR count). The minimum absolute atomic E-state index is 0.0695. The van der Waals surface area contributed by atoms with Crippen LogP contribution in [0.5, 0.6) is 0 Å². The fourth-order valence-electron chi connectivity index (χ4n) is 2.32. The minimum atomic E-state index is -0.720. The summed E-state index contributed by atoms with van der Waals surface area (Å²) in [5.74, 6) is -2.23. The van der Waals surface area contributed by atoms with Gasteiger partial charge in [-0.05, 0) is 40.3 Å². The highest BCUT2D eigenvalue weighted by atomic mass is 79.9. The molecule has 0 fully saturated rings. The van der Waals surface area contributed by atoms with Gasteiger partial charge in [-0.3, -0.25) is 9.59 Å². The summed E-state index contributed by atoms with van der Waals surface area (Å²) in [5, 5.41) is 17.3. The summed E-state index contributed by atoms with van der Waals surface area (Å²) in [6, 6.07) is 0. The monoisotopic (exact) mass is 473 g/mol. The molecule has 0 spiro atoms. The van der Waals surface area contributed by atoms with Crippen LogP contribution in [-0.2, 0) is 16.1 Å². The van der Waals surface area contributed by atoms with Crippen molar-refractivity contribution in [2.24, 2.45) is 5.73 Å². The van der Waals surface area contributed by atoms with E-state index < -0.39 is 22.7 Å². The average Bonchev–Trinajstić information content (AvgIpc) is 3.13. The Morgan fingerprint density at radius 3 is 2.68 bits per heavy atom. The van der Waals surface area contributed by atoms with Crippen LogP contribution in [0.25, 0.3) is 0 Å². The van der Waals surface area contributed by atoms with E-state index in [0.717, 1.165) is 11.3 Å². The number of aromatic nitrogens is 2. The molecule has 0 aliphatic carbocycles. The van der Waals surface area contributed by atoms with Crippen LogP contribution in [0.15, 0.2) is 10.7 Å². The van der Waals surface area contributed by atoms with Crippen molar-refractivity contribution in [3.8, 4) is 0 Å². The van der Waals surface area contributed by atoms with Crippen molar-refractivity contribution in [2.45, 2.75) is 26.8 Å². The van der Waals surface area contributed by atoms with E-state index in [1.165, 1.54) is 10.9 Å². The summed E-state index contributed by atoms with van der Waals surface area (Å²) >= 11 is 3.91. The Morgan fingerprint density at radius 1 is 1.46 bits per heavy atom. The lowest BCUT2D eigenvalue weighted by atomic mass is 10.1. The van der Waals surface area contributed by atoms with Gasteiger partial charge in [0.15, 0.2) is 0 Å². The van der Waals surface area contributed by atoms with E-state index in [0.29, 0.717) is 5.56 Å². The zero-order chi connectivity index (χ0) is 21.0. The highest BCUT2D eigenvalue weighted by Crippen LogP contribution is 2.33. The van der Waals surface area contributed by atoms with E-state index in [1.54, 1.807) is 13.8 Å². The smallest absolute Gasteiger partial charge is 0.404 e. The Morgan fingerprint density at radius 2 is 2.14 bits per heavy atom. The first-order valence-electron chi connectivity index (χ1n) is 7.93. The van der Waals surface area contributed by atoms with Crippen molar-refractivity contribution in [1.82, 2.24) is 9.78 Å². The number of ether oxygens (including phenoxy) is 1. The van der Waals surface area contributed by atoms with Gasteiger partial charge in [-0.25, -0.2) is 4.79 Å². The first-order valence-corrected chi connectivity index (χ1v) is 9.54. The summed E-state index contributed by atoms with van der Waals surface area (Å²) in [5.41, 5.74) is 5.72. The number of amides is 2. The number of hydrogen-bond donors (Lipinski definition) is 2. The molecule has 0 saturated heterocycles. The Balaban J connectivity index is 2.15. The summed E-state index contributed by atoms with van der Waals surface area (Å²) < 4.78 is 6.42. The number of nitrogens with one attached hydrogen (secondary N) is 1. The van der Waals surface area contributed by atoms with Crippen molar-refractivity contribution >= 4 is 55.9 Å². The molecular weight excluding hydrogens is 458 g/mol. The predicted octanol–water partition coefficient (Wildman–Crippen LogP) is 2.23. The van der Waals surface area contributed by atoms with Crippen LogP contribution >= 0.6 is 27.3 Å². The molecule has 11 nitrogen and oxygen atoms in total. The fraction of sp³-hybridized carbons (Fsp3) is 0.333. The van der Waals surface area contributed by atoms with E-state index >= 15 is 0 Å². The van der Waals surface area contributed by atoms with E-state index in [1.807, 2.05) is 0 Å². The van der Waals surface area contributed by atoms with Crippen LogP contribution in [0, 0.1) is 17.0 Å². The number of halogens is 1. The second-order valence-electron chi connectivity index (χ2n) is 5.46. The van der Waals surface area contributed by atoms with Gasteiger partial charge in [0.2, 0.25) is 5.91 Å². The quantitative estimate of drug-likeness (QED) is 0.337. The zero-order valence-corrected chi connectivity index (χ0v) is 17.3. The van der Waals surface area contributed by atoms with Crippen LogP contribution in [0.4, 0.5) is 10.8 Å². The number of esters is 1. The number of carbonyl (C=O) groups excluding carboxylic acids is 3. The SMILES string of the molecule is CCOC(=O)c1c(NC(=O)CCn2cc(Br)c([N+](=O)[O-])n2)sc(C(N)=O)c1C. The average molecular weight is 474 g/mol. The van der Waals surface area contributed by atoms with Gasteiger partial charge in [0.05, 0.1) is 34.9 Å². The molecular formula is C15H16BrN5O6S. The second-order valence-corrected chi connectivity index (χ2v) is 7.34. The molecule has 0 radical (unpaired) electrons. The largest absolute Gasteiger partial charge is 0.462 e. The third kappa shape index (κ3) is 4.72. The lowest BCUT2D eigenvalue weighted by Crippen LogP contribution is -2.16. The molecule has 0 atom stereocenters. The molecule has 2 amide bonds. The predicted molar refractivity (Wildman–Crippen MR) is 103 cm³/mol. The van der Waals surface area contributed by atoms with Crippen LogP contribution in [0.3, 0.4) is 0 Å². The van der Waals surface area contributed by atoms with Gasteiger partial charge in [0, 0.05) is 6.42 Å². The van der Waals surface area contributed by atoms with E-state index in [9.17, 15) is 24.5 Å². The molecule has 13 heteroatoms. The number of nitrogens with zero attached hydrogens (tertiary/aromatic N) is 3. The van der Waals surface area contributed by atoms with Crippen LogP contribution in [-0.4, -0.2) is 39.1 Å². The third-order valence-corrected chi connectivity index (χ3v) is 5.32. The number of nitro groups is 1. The molecule has 0 bridgehead atoms. The molecule has 0 aliphatic rings. The van der Waals surface area contributed by atoms with Gasteiger partial charge in [0.1, 0.15) is 9.47 Å². The molecule has 2 aromatic heterocycles. The highest BCUT2D eigenvalue weighted by Gasteiger charge is 2.26. The first kappa shape index (κ1) is 21.5. The number of rotatable bonds is 8. The Kier molecular flexibility index (Phi) is 6.85. The number of anilines is 1. The second kappa shape index (κ2) is 8.93. The molecule has 0 aromatic carbocycles. The highest BCUT2D eigenvalue weighted by molar-refractivity contribution is 9.10. The Hall–Kier alpha value is -2.80. The number of primary amides is 1. The fourth-order valence-corrected chi connectivity index (χ4v) is 3.84. The van der Waals surface area contributed by atoms with E-state index in [4.69, 9.17) is 10.5 Å². The Labute approximate surface area is 171 Å². The third-order valence-electron chi connectivity index (χ3n) is 3.54. The molecule has 2 aromatic rings. The van der Waals surface area contributed by atoms with Gasteiger partial charge < -0.3 is 25.9 Å². The molecule has 150 valence electrons. The van der Waals surface area contributed by atoms with Crippen molar-refractivity contribution in [2.75, 3.05) is 11.9 Å². The molecule has 0 saturated carbocycles. The zero-order valence-electron chi connectivity index (χ0n) is 14.9. The first-order chi connectivity index (χ1) is 13.1. The van der Waals surface area contributed by atoms with E-state index in [2.05, 4.69) is 26.3 Å². The number of nitrogens with two attached hydrogens (primary N) is 1. The van der Waals surface area contributed by atoms with Crippen molar-refractivity contribution < 1.29 is 24.0 Å². The van der Waals surface area contributed by atoms with Crippen molar-refractivity contribution in [1.29, 1.82) is 0 Å². The summed E-state index contributed by atoms with van der Waals surface area (Å²) in [4.78, 5) is 46.3. The Bertz CT molecular complexity index is 953. The topological polar surface area (TPSA) is 159 Å². The minimum Gasteiger partial charge on any atom is -0.462 e. The summed E-state index contributed by atoms with van der Waals surface area (Å²) in [7, 11) is 0. The molecule has 0 unspecified atom stereocenters. The molecule has 2 heterocycles. The van der Waals surface area contributed by atoms with Gasteiger partial charge in [0.25, 0.3) is 5.91 Å². The van der Waals surface area contributed by atoms with Crippen LogP contribution in [0.1, 0.15) is 38.9 Å². The molecule has 3 N–H and O–H groups in total. The maximum absolute atomic E-state index is 12.3. The maximum atomic E-state index is 12.3. The van der Waals surface area contributed by atoms with Crippen LogP contribution < -0.4 is 11.1 Å². The normalized spacial score (nSPS) is 10.5. The number of aryl methyl sites for hydroxylation is 1. The lowest BCUT2D eigenvalue weighted by molar-refractivity contribution is -0.390. The maximum Gasteiger partial charge on any atom is 0.404 e. The standard InChI is InChI=1S/C15H16BrN5O6S/c1-3-27-15(24)10-7(2)11(12(17)23)28-14(10)18-9(22)4-5-20-6-8(16)13(19-20)21(25)26/h6H,3-5H2,1-2H3,(H2,17,23)(H,18,22). The van der Waals surface area contributed by atoms with Gasteiger partial charge >= 0.3 is 11.8 Å². The number of hydrogen-bond acceptors (Lipinski definition) is 8. The lowest BCUT2D eigenvalue weighted by Gasteiger charge is -2.06. The van der Waals surface area contributed by atoms with Crippen molar-refractivity contribution in [3.05, 3.63) is 36.8 Å². The number of carbonyl (C=O) groups is 3. The molecule has 0 aliphatic heterocycles. The summed E-state index contributed by atoms with van der Waals surface area (Å²) in [6.45, 7) is 3.37.